The van der Waals surface area contributed by atoms with Crippen LogP contribution in [0.4, 0.5) is 0 Å². The quantitative estimate of drug-likeness (QED) is 0.490. The van der Waals surface area contributed by atoms with Gasteiger partial charge in [0.15, 0.2) is 0 Å². The molecule has 0 aromatic rings. The zero-order valence-corrected chi connectivity index (χ0v) is 4.70. The van der Waals surface area contributed by atoms with Crippen LogP contribution in [0.15, 0.2) is 4.99 Å². The summed E-state index contributed by atoms with van der Waals surface area (Å²) >= 11 is 5.44. The average molecular weight is 119 g/mol. The van der Waals surface area contributed by atoms with Crippen molar-refractivity contribution >= 4 is 17.3 Å². The van der Waals surface area contributed by atoms with Gasteiger partial charge >= 0.3 is 0 Å². The third-order valence-corrected chi connectivity index (χ3v) is 1.21. The van der Waals surface area contributed by atoms with Gasteiger partial charge in [-0.1, -0.05) is 0 Å². The molecule has 0 aliphatic carbocycles. The van der Waals surface area contributed by atoms with Crippen molar-refractivity contribution in [3.8, 4) is 0 Å². The maximum atomic E-state index is 5.44. The Labute approximate surface area is 47.6 Å². The van der Waals surface area contributed by atoms with E-state index in [1.54, 1.807) is 0 Å². The van der Waals surface area contributed by atoms with Gasteiger partial charge in [0.1, 0.15) is 0 Å². The lowest BCUT2D eigenvalue weighted by Crippen LogP contribution is -2.13. The number of halogens is 1. The maximum absolute atomic E-state index is 5.44. The van der Waals surface area contributed by atoms with Crippen molar-refractivity contribution in [1.82, 2.24) is 5.32 Å². The third-order valence-electron chi connectivity index (χ3n) is 0.898. The van der Waals surface area contributed by atoms with Gasteiger partial charge < -0.3 is 0 Å². The van der Waals surface area contributed by atoms with E-state index >= 15 is 0 Å². The van der Waals surface area contributed by atoms with Crippen molar-refractivity contribution in [3.63, 3.8) is 0 Å². The number of nitrogens with zero attached hydrogens (tertiary/aromatic N) is 1. The van der Waals surface area contributed by atoms with Crippen molar-refractivity contribution in [1.29, 1.82) is 0 Å². The van der Waals surface area contributed by atoms with Gasteiger partial charge in [0.2, 0.25) is 0 Å². The van der Waals surface area contributed by atoms with Crippen molar-refractivity contribution in [2.24, 2.45) is 4.99 Å². The van der Waals surface area contributed by atoms with E-state index in [1.165, 1.54) is 0 Å². The molecule has 7 heavy (non-hydrogen) atoms. The van der Waals surface area contributed by atoms with E-state index < -0.39 is 0 Å². The van der Waals surface area contributed by atoms with Gasteiger partial charge in [-0.15, -0.1) is 11.6 Å². The molecule has 0 spiro atoms. The van der Waals surface area contributed by atoms with E-state index in [0.29, 0.717) is 5.88 Å². The number of aliphatic imine (C=N–C) groups is 1. The lowest BCUT2D eigenvalue weighted by atomic mass is 10.4. The summed E-state index contributed by atoms with van der Waals surface area (Å²) in [5.74, 6) is 0.576. The van der Waals surface area contributed by atoms with Gasteiger partial charge in [-0.25, -0.2) is 0 Å². The molecule has 1 rings (SSSR count). The molecule has 0 saturated heterocycles. The standard InChI is InChI=1S/C4H7ClN2/c5-1-4-2-6-3-7-4/h6H,1-3H2. The molecule has 0 atom stereocenters. The number of nitrogens with one attached hydrogen (secondary N) is 1. The monoisotopic (exact) mass is 118 g/mol. The first-order chi connectivity index (χ1) is 3.43. The molecule has 0 amide bonds. The fourth-order valence-electron chi connectivity index (χ4n) is 0.513. The van der Waals surface area contributed by atoms with Crippen LogP contribution in [0.1, 0.15) is 0 Å². The number of rotatable bonds is 1. The molecule has 1 N–H and O–H groups in total. The Hall–Kier alpha value is -0.0800. The van der Waals surface area contributed by atoms with E-state index in [2.05, 4.69) is 10.3 Å². The highest BCUT2D eigenvalue weighted by atomic mass is 35.5. The molecular formula is C4H7ClN2. The molecule has 0 unspecified atom stereocenters. The van der Waals surface area contributed by atoms with Gasteiger partial charge in [-0.05, 0) is 0 Å². The first-order valence-corrected chi connectivity index (χ1v) is 2.76. The lowest BCUT2D eigenvalue weighted by molar-refractivity contribution is 0.850. The Kier molecular flexibility index (Phi) is 1.65. The van der Waals surface area contributed by atoms with E-state index in [9.17, 15) is 0 Å². The van der Waals surface area contributed by atoms with Crippen LogP contribution in [0.3, 0.4) is 0 Å². The average Bonchev–Trinajstić information content (AvgIpc) is 2.14. The third kappa shape index (κ3) is 1.14. The van der Waals surface area contributed by atoms with Gasteiger partial charge in [0.05, 0.1) is 12.5 Å². The maximum Gasteiger partial charge on any atom is 0.0887 e. The summed E-state index contributed by atoms with van der Waals surface area (Å²) in [6.45, 7) is 1.63. The Balaban J connectivity index is 2.36. The van der Waals surface area contributed by atoms with Crippen LogP contribution >= 0.6 is 11.6 Å². The molecule has 0 aromatic carbocycles. The molecule has 0 saturated carbocycles. The minimum Gasteiger partial charge on any atom is -0.293 e. The van der Waals surface area contributed by atoms with E-state index in [4.69, 9.17) is 11.6 Å². The molecule has 1 heterocycles. The Morgan fingerprint density at radius 1 is 1.86 bits per heavy atom. The second-order valence-corrected chi connectivity index (χ2v) is 1.71. The van der Waals surface area contributed by atoms with E-state index in [-0.39, 0.29) is 0 Å². The molecule has 0 radical (unpaired) electrons. The molecule has 0 aromatic heterocycles. The predicted octanol–water partition coefficient (Wildman–Crippen LogP) is 0.227. The minimum absolute atomic E-state index is 0.576. The summed E-state index contributed by atoms with van der Waals surface area (Å²) in [5.41, 5.74) is 1.07. The number of hydrogen-bond donors (Lipinski definition) is 1. The second-order valence-electron chi connectivity index (χ2n) is 1.44. The van der Waals surface area contributed by atoms with Crippen molar-refractivity contribution in [3.05, 3.63) is 0 Å². The SMILES string of the molecule is ClCC1=NCNC1. The highest BCUT2D eigenvalue weighted by Crippen LogP contribution is 1.87. The zero-order valence-electron chi connectivity index (χ0n) is 3.95. The molecule has 0 bridgehead atoms. The molecule has 40 valence electrons. The first kappa shape index (κ1) is 5.06. The molecule has 1 aliphatic rings. The van der Waals surface area contributed by atoms with E-state index in [1.807, 2.05) is 0 Å². The first-order valence-electron chi connectivity index (χ1n) is 2.22. The fourth-order valence-corrected chi connectivity index (χ4v) is 0.692. The topological polar surface area (TPSA) is 24.4 Å². The van der Waals surface area contributed by atoms with Crippen LogP contribution in [-0.2, 0) is 0 Å². The van der Waals surface area contributed by atoms with Crippen LogP contribution < -0.4 is 5.32 Å². The summed E-state index contributed by atoms with van der Waals surface area (Å²) in [6.07, 6.45) is 0. The Morgan fingerprint density at radius 2 is 2.71 bits per heavy atom. The summed E-state index contributed by atoms with van der Waals surface area (Å²) in [6, 6.07) is 0. The van der Waals surface area contributed by atoms with Crippen LogP contribution in [-0.4, -0.2) is 24.8 Å². The minimum atomic E-state index is 0.576. The summed E-state index contributed by atoms with van der Waals surface area (Å²) in [4.78, 5) is 4.03. The van der Waals surface area contributed by atoms with Crippen molar-refractivity contribution < 1.29 is 0 Å². The fraction of sp³-hybridized carbons (Fsp3) is 0.750. The Bertz CT molecular complexity index is 89.7. The van der Waals surface area contributed by atoms with Crippen molar-refractivity contribution in [2.45, 2.75) is 0 Å². The van der Waals surface area contributed by atoms with Crippen LogP contribution in [0, 0.1) is 0 Å². The summed E-state index contributed by atoms with van der Waals surface area (Å²) < 4.78 is 0. The summed E-state index contributed by atoms with van der Waals surface area (Å²) in [5, 5.41) is 3.04. The molecule has 0 fully saturated rings. The van der Waals surface area contributed by atoms with Gasteiger partial charge in [0, 0.05) is 12.3 Å². The van der Waals surface area contributed by atoms with Crippen LogP contribution in [0.25, 0.3) is 0 Å². The highest BCUT2D eigenvalue weighted by Gasteiger charge is 2.00. The molecular weight excluding hydrogens is 112 g/mol. The molecule has 1 aliphatic heterocycles. The lowest BCUT2D eigenvalue weighted by Gasteiger charge is -1.85. The predicted molar refractivity (Wildman–Crippen MR) is 31.0 cm³/mol. The van der Waals surface area contributed by atoms with E-state index in [0.717, 1.165) is 18.9 Å². The largest absolute Gasteiger partial charge is 0.293 e. The smallest absolute Gasteiger partial charge is 0.0887 e. The number of alkyl halides is 1. The Morgan fingerprint density at radius 3 is 3.00 bits per heavy atom. The highest BCUT2D eigenvalue weighted by molar-refractivity contribution is 6.29. The normalized spacial score (nSPS) is 19.9. The van der Waals surface area contributed by atoms with Gasteiger partial charge in [-0.3, -0.25) is 10.3 Å². The van der Waals surface area contributed by atoms with Gasteiger partial charge in [-0.2, -0.15) is 0 Å². The summed E-state index contributed by atoms with van der Waals surface area (Å²) in [7, 11) is 0. The molecule has 3 heteroatoms. The zero-order chi connectivity index (χ0) is 5.11. The van der Waals surface area contributed by atoms with Crippen LogP contribution in [0.2, 0.25) is 0 Å². The number of hydrogen-bond acceptors (Lipinski definition) is 2. The second kappa shape index (κ2) is 2.28. The van der Waals surface area contributed by atoms with Crippen LogP contribution in [0.5, 0.6) is 0 Å². The van der Waals surface area contributed by atoms with Crippen molar-refractivity contribution in [2.75, 3.05) is 19.1 Å². The molecule has 2 nitrogen and oxygen atoms in total. The van der Waals surface area contributed by atoms with Gasteiger partial charge in [0.25, 0.3) is 0 Å².